The molecule has 2 rings (SSSR count). The second-order valence-electron chi connectivity index (χ2n) is 2.80. The van der Waals surface area contributed by atoms with E-state index >= 15 is 0 Å². The van der Waals surface area contributed by atoms with Crippen molar-refractivity contribution >= 4 is 34.4 Å². The van der Waals surface area contributed by atoms with E-state index in [9.17, 15) is 4.79 Å². The number of halogens is 1. The van der Waals surface area contributed by atoms with Crippen molar-refractivity contribution in [3.05, 3.63) is 32.6 Å². The Kier molecular flexibility index (Phi) is 3.10. The summed E-state index contributed by atoms with van der Waals surface area (Å²) < 4.78 is 2.31. The largest absolute Gasteiger partial charge is 0.312 e. The Labute approximate surface area is 103 Å². The van der Waals surface area contributed by atoms with Crippen LogP contribution in [0.2, 0.25) is 0 Å². The SMILES string of the molecule is Cn1cc(Sc2nc[nH]c(=O)c2I)cn1. The molecule has 2 heterocycles. The summed E-state index contributed by atoms with van der Waals surface area (Å²) in [6.07, 6.45) is 5.02. The van der Waals surface area contributed by atoms with E-state index in [1.807, 2.05) is 35.8 Å². The maximum Gasteiger partial charge on any atom is 0.265 e. The summed E-state index contributed by atoms with van der Waals surface area (Å²) in [4.78, 5) is 18.9. The van der Waals surface area contributed by atoms with Gasteiger partial charge in [0, 0.05) is 13.2 Å². The van der Waals surface area contributed by atoms with Gasteiger partial charge in [-0.3, -0.25) is 9.48 Å². The van der Waals surface area contributed by atoms with E-state index in [0.29, 0.717) is 8.60 Å². The second-order valence-corrected chi connectivity index (χ2v) is 4.94. The van der Waals surface area contributed by atoms with Crippen LogP contribution in [0.1, 0.15) is 0 Å². The van der Waals surface area contributed by atoms with Crippen LogP contribution >= 0.6 is 34.4 Å². The third-order valence-electron chi connectivity index (χ3n) is 1.66. The van der Waals surface area contributed by atoms with E-state index < -0.39 is 0 Å². The van der Waals surface area contributed by atoms with Crippen LogP contribution in [0, 0.1) is 3.57 Å². The Morgan fingerprint density at radius 3 is 3.07 bits per heavy atom. The Hall–Kier alpha value is -0.830. The average Bonchev–Trinajstić information content (AvgIpc) is 2.59. The van der Waals surface area contributed by atoms with Gasteiger partial charge in [0.15, 0.2) is 0 Å². The Morgan fingerprint density at radius 2 is 2.40 bits per heavy atom. The van der Waals surface area contributed by atoms with E-state index in [-0.39, 0.29) is 5.56 Å². The summed E-state index contributed by atoms with van der Waals surface area (Å²) >= 11 is 3.41. The average molecular weight is 334 g/mol. The van der Waals surface area contributed by atoms with Crippen LogP contribution in [0.15, 0.2) is 33.4 Å². The maximum absolute atomic E-state index is 11.3. The van der Waals surface area contributed by atoms with Gasteiger partial charge in [-0.2, -0.15) is 5.10 Å². The van der Waals surface area contributed by atoms with Gasteiger partial charge in [-0.25, -0.2) is 4.98 Å². The summed E-state index contributed by atoms with van der Waals surface area (Å²) in [6.45, 7) is 0. The highest BCUT2D eigenvalue weighted by atomic mass is 127. The molecule has 0 saturated heterocycles. The molecule has 0 aliphatic carbocycles. The van der Waals surface area contributed by atoms with Crippen LogP contribution in [-0.2, 0) is 7.05 Å². The summed E-state index contributed by atoms with van der Waals surface area (Å²) in [5.74, 6) is 0. The molecule has 0 aromatic carbocycles. The molecular formula is C8H7IN4OS. The normalized spacial score (nSPS) is 10.5. The number of H-pyrrole nitrogens is 1. The van der Waals surface area contributed by atoms with Gasteiger partial charge in [0.25, 0.3) is 5.56 Å². The van der Waals surface area contributed by atoms with Crippen LogP contribution in [0.5, 0.6) is 0 Å². The molecule has 0 spiro atoms. The molecule has 15 heavy (non-hydrogen) atoms. The number of aromatic nitrogens is 4. The zero-order valence-corrected chi connectivity index (χ0v) is 10.7. The highest BCUT2D eigenvalue weighted by Gasteiger charge is 2.07. The minimum atomic E-state index is -0.114. The Morgan fingerprint density at radius 1 is 1.60 bits per heavy atom. The van der Waals surface area contributed by atoms with Crippen molar-refractivity contribution in [2.45, 2.75) is 9.92 Å². The first kappa shape index (κ1) is 10.7. The lowest BCUT2D eigenvalue weighted by Crippen LogP contribution is -2.10. The fourth-order valence-corrected chi connectivity index (χ4v) is 2.44. The summed E-state index contributed by atoms with van der Waals surface area (Å²) in [6, 6.07) is 0. The Balaban J connectivity index is 2.32. The predicted molar refractivity (Wildman–Crippen MR) is 64.9 cm³/mol. The van der Waals surface area contributed by atoms with Gasteiger partial charge >= 0.3 is 0 Å². The molecule has 5 nitrogen and oxygen atoms in total. The van der Waals surface area contributed by atoms with Crippen LogP contribution in [0.3, 0.4) is 0 Å². The molecule has 0 atom stereocenters. The summed E-state index contributed by atoms with van der Waals surface area (Å²) in [7, 11) is 1.85. The monoisotopic (exact) mass is 334 g/mol. The number of aryl methyl sites for hydroxylation is 1. The highest BCUT2D eigenvalue weighted by molar-refractivity contribution is 14.1. The highest BCUT2D eigenvalue weighted by Crippen LogP contribution is 2.26. The topological polar surface area (TPSA) is 63.6 Å². The smallest absolute Gasteiger partial charge is 0.265 e. The molecule has 0 radical (unpaired) electrons. The molecule has 0 aliphatic rings. The molecular weight excluding hydrogens is 327 g/mol. The summed E-state index contributed by atoms with van der Waals surface area (Å²) in [5.41, 5.74) is -0.114. The van der Waals surface area contributed by atoms with Crippen molar-refractivity contribution in [2.24, 2.45) is 7.05 Å². The van der Waals surface area contributed by atoms with Crippen LogP contribution < -0.4 is 5.56 Å². The molecule has 0 bridgehead atoms. The van der Waals surface area contributed by atoms with Crippen molar-refractivity contribution in [1.29, 1.82) is 0 Å². The first-order chi connectivity index (χ1) is 7.16. The van der Waals surface area contributed by atoms with Crippen LogP contribution in [-0.4, -0.2) is 19.7 Å². The number of hydrogen-bond donors (Lipinski definition) is 1. The molecule has 0 amide bonds. The van der Waals surface area contributed by atoms with Crippen molar-refractivity contribution in [3.63, 3.8) is 0 Å². The van der Waals surface area contributed by atoms with E-state index in [4.69, 9.17) is 0 Å². The van der Waals surface area contributed by atoms with E-state index in [0.717, 1.165) is 4.90 Å². The zero-order chi connectivity index (χ0) is 10.8. The van der Waals surface area contributed by atoms with E-state index in [2.05, 4.69) is 15.1 Å². The molecule has 0 fully saturated rings. The molecule has 0 unspecified atom stereocenters. The molecule has 0 aliphatic heterocycles. The van der Waals surface area contributed by atoms with Crippen molar-refractivity contribution in [2.75, 3.05) is 0 Å². The van der Waals surface area contributed by atoms with Crippen molar-refractivity contribution in [3.8, 4) is 0 Å². The standard InChI is InChI=1S/C8H7IN4OS/c1-13-3-5(2-12-13)15-8-6(9)7(14)10-4-11-8/h2-4H,1H3,(H,10,11,14). The molecule has 1 N–H and O–H groups in total. The molecule has 78 valence electrons. The van der Waals surface area contributed by atoms with E-state index in [1.165, 1.54) is 18.1 Å². The third-order valence-corrected chi connectivity index (χ3v) is 3.98. The molecule has 2 aromatic rings. The lowest BCUT2D eigenvalue weighted by atomic mass is 10.7. The van der Waals surface area contributed by atoms with Gasteiger partial charge in [-0.1, -0.05) is 11.8 Å². The number of nitrogens with zero attached hydrogens (tertiary/aromatic N) is 3. The third kappa shape index (κ3) is 2.40. The van der Waals surface area contributed by atoms with Gasteiger partial charge in [0.1, 0.15) is 8.60 Å². The van der Waals surface area contributed by atoms with Crippen LogP contribution in [0.25, 0.3) is 0 Å². The Bertz CT molecular complexity index is 535. The molecule has 2 aromatic heterocycles. The number of nitrogens with one attached hydrogen (secondary N) is 1. The van der Waals surface area contributed by atoms with Crippen LogP contribution in [0.4, 0.5) is 0 Å². The second kappa shape index (κ2) is 4.35. The number of aromatic amines is 1. The van der Waals surface area contributed by atoms with Crippen molar-refractivity contribution < 1.29 is 0 Å². The maximum atomic E-state index is 11.3. The quantitative estimate of drug-likeness (QED) is 0.663. The number of rotatable bonds is 2. The first-order valence-electron chi connectivity index (χ1n) is 4.06. The number of hydrogen-bond acceptors (Lipinski definition) is 4. The van der Waals surface area contributed by atoms with Gasteiger partial charge in [0.05, 0.1) is 17.4 Å². The minimum absolute atomic E-state index is 0.114. The molecule has 0 saturated carbocycles. The minimum Gasteiger partial charge on any atom is -0.312 e. The lowest BCUT2D eigenvalue weighted by Gasteiger charge is -1.98. The van der Waals surface area contributed by atoms with Gasteiger partial charge in [0.2, 0.25) is 0 Å². The van der Waals surface area contributed by atoms with Gasteiger partial charge in [-0.15, -0.1) is 0 Å². The van der Waals surface area contributed by atoms with Crippen molar-refractivity contribution in [1.82, 2.24) is 19.7 Å². The summed E-state index contributed by atoms with van der Waals surface area (Å²) in [5, 5.41) is 4.75. The molecule has 7 heteroatoms. The first-order valence-corrected chi connectivity index (χ1v) is 5.96. The van der Waals surface area contributed by atoms with E-state index in [1.54, 1.807) is 10.9 Å². The fraction of sp³-hybridized carbons (Fsp3) is 0.125. The zero-order valence-electron chi connectivity index (χ0n) is 7.77. The van der Waals surface area contributed by atoms with Gasteiger partial charge < -0.3 is 4.98 Å². The predicted octanol–water partition coefficient (Wildman–Crippen LogP) is 1.26. The van der Waals surface area contributed by atoms with Gasteiger partial charge in [-0.05, 0) is 22.6 Å². The lowest BCUT2D eigenvalue weighted by molar-refractivity contribution is 0.766. The fourth-order valence-electron chi connectivity index (χ4n) is 1.00.